The van der Waals surface area contributed by atoms with Crippen molar-refractivity contribution in [2.45, 2.75) is 44.4 Å². The van der Waals surface area contributed by atoms with Crippen LogP contribution in [0.5, 0.6) is 0 Å². The second-order valence-electron chi connectivity index (χ2n) is 8.82. The molecule has 0 aliphatic heterocycles. The number of nitrogen functional groups attached to an aromatic ring is 1. The van der Waals surface area contributed by atoms with Crippen LogP contribution in [0, 0.1) is 5.82 Å². The zero-order chi connectivity index (χ0) is 23.2. The van der Waals surface area contributed by atoms with Crippen LogP contribution >= 0.6 is 0 Å². The van der Waals surface area contributed by atoms with Crippen LogP contribution < -0.4 is 5.73 Å². The molecule has 8 nitrogen and oxygen atoms in total. The van der Waals surface area contributed by atoms with E-state index in [1.807, 2.05) is 25.1 Å². The first-order chi connectivity index (χ1) is 16.6. The molecule has 3 heterocycles. The first kappa shape index (κ1) is 20.7. The molecule has 0 bridgehead atoms. The van der Waals surface area contributed by atoms with Gasteiger partial charge in [-0.1, -0.05) is 30.3 Å². The first-order valence-electron chi connectivity index (χ1n) is 11.4. The Morgan fingerprint density at radius 2 is 1.97 bits per heavy atom. The lowest BCUT2D eigenvalue weighted by atomic mass is 9.88. The number of hydrogen-bond acceptors (Lipinski definition) is 6. The Balaban J connectivity index is 1.30. The third-order valence-electron chi connectivity index (χ3n) is 6.58. The molecule has 1 fully saturated rings. The number of aromatic nitrogens is 6. The lowest BCUT2D eigenvalue weighted by Crippen LogP contribution is -2.34. The molecule has 3 N–H and O–H groups in total. The zero-order valence-electron chi connectivity index (χ0n) is 18.6. The SMILES string of the molecule is C[C@@H](c1nc2ncnc(N)c2[nH]1)c1nc2ccc(F)cc2n1C1CC(OCc2ccccc2)C1. The fourth-order valence-corrected chi connectivity index (χ4v) is 4.64. The number of hydrogen-bond donors (Lipinski definition) is 2. The molecule has 2 aromatic carbocycles. The number of halogens is 1. The van der Waals surface area contributed by atoms with Crippen LogP contribution in [-0.4, -0.2) is 35.6 Å². The van der Waals surface area contributed by atoms with Gasteiger partial charge in [-0.25, -0.2) is 24.3 Å². The van der Waals surface area contributed by atoms with Crippen molar-refractivity contribution >= 4 is 28.0 Å². The number of imidazole rings is 2. The van der Waals surface area contributed by atoms with E-state index in [-0.39, 0.29) is 23.9 Å². The van der Waals surface area contributed by atoms with Crippen molar-refractivity contribution in [1.82, 2.24) is 29.5 Å². The van der Waals surface area contributed by atoms with Gasteiger partial charge in [-0.2, -0.15) is 0 Å². The molecule has 0 saturated heterocycles. The van der Waals surface area contributed by atoms with Crippen LogP contribution in [0.15, 0.2) is 54.9 Å². The maximum atomic E-state index is 14.2. The predicted octanol–water partition coefficient (Wildman–Crippen LogP) is 4.50. The van der Waals surface area contributed by atoms with Gasteiger partial charge in [0.15, 0.2) is 11.5 Å². The first-order valence-corrected chi connectivity index (χ1v) is 11.4. The van der Waals surface area contributed by atoms with Crippen molar-refractivity contribution in [1.29, 1.82) is 0 Å². The number of aromatic amines is 1. The number of nitrogens with one attached hydrogen (secondary N) is 1. The summed E-state index contributed by atoms with van der Waals surface area (Å²) in [5.74, 6) is 1.39. The summed E-state index contributed by atoms with van der Waals surface area (Å²) in [6, 6.07) is 15.0. The van der Waals surface area contributed by atoms with Crippen molar-refractivity contribution in [3.8, 4) is 0 Å². The van der Waals surface area contributed by atoms with Gasteiger partial charge >= 0.3 is 0 Å². The van der Waals surface area contributed by atoms with Gasteiger partial charge in [-0.15, -0.1) is 0 Å². The van der Waals surface area contributed by atoms with E-state index < -0.39 is 0 Å². The maximum absolute atomic E-state index is 14.2. The highest BCUT2D eigenvalue weighted by atomic mass is 19.1. The Bertz CT molecular complexity index is 1470. The molecule has 1 saturated carbocycles. The van der Waals surface area contributed by atoms with E-state index in [4.69, 9.17) is 15.5 Å². The number of nitrogens with zero attached hydrogens (tertiary/aromatic N) is 5. The van der Waals surface area contributed by atoms with Crippen LogP contribution in [-0.2, 0) is 11.3 Å². The second kappa shape index (κ2) is 8.18. The summed E-state index contributed by atoms with van der Waals surface area (Å²) in [4.78, 5) is 21.0. The van der Waals surface area contributed by atoms with E-state index in [0.717, 1.165) is 35.3 Å². The Morgan fingerprint density at radius 3 is 2.76 bits per heavy atom. The fourth-order valence-electron chi connectivity index (χ4n) is 4.64. The molecule has 172 valence electrons. The average molecular weight is 458 g/mol. The largest absolute Gasteiger partial charge is 0.382 e. The van der Waals surface area contributed by atoms with Crippen molar-refractivity contribution in [2.75, 3.05) is 5.73 Å². The van der Waals surface area contributed by atoms with E-state index >= 15 is 0 Å². The number of fused-ring (bicyclic) bond motifs is 2. The molecular weight excluding hydrogens is 433 g/mol. The fraction of sp³-hybridized carbons (Fsp3) is 0.280. The van der Waals surface area contributed by atoms with Gasteiger partial charge < -0.3 is 20.0 Å². The minimum Gasteiger partial charge on any atom is -0.382 e. The van der Waals surface area contributed by atoms with E-state index in [2.05, 4.69) is 36.6 Å². The molecule has 1 aliphatic rings. The van der Waals surface area contributed by atoms with Crippen molar-refractivity contribution in [3.63, 3.8) is 0 Å². The third-order valence-corrected chi connectivity index (χ3v) is 6.58. The van der Waals surface area contributed by atoms with E-state index in [0.29, 0.717) is 29.4 Å². The predicted molar refractivity (Wildman–Crippen MR) is 127 cm³/mol. The number of rotatable bonds is 6. The summed E-state index contributed by atoms with van der Waals surface area (Å²) in [6.45, 7) is 2.61. The van der Waals surface area contributed by atoms with Gasteiger partial charge in [0.1, 0.15) is 29.3 Å². The topological polar surface area (TPSA) is 108 Å². The van der Waals surface area contributed by atoms with Crippen LogP contribution in [0.25, 0.3) is 22.2 Å². The Hall–Kier alpha value is -3.85. The minimum absolute atomic E-state index is 0.153. The third kappa shape index (κ3) is 3.58. The molecule has 0 spiro atoms. The Labute approximate surface area is 195 Å². The van der Waals surface area contributed by atoms with Crippen molar-refractivity contribution in [2.24, 2.45) is 0 Å². The maximum Gasteiger partial charge on any atom is 0.183 e. The summed E-state index contributed by atoms with van der Waals surface area (Å²) in [5, 5.41) is 0. The highest BCUT2D eigenvalue weighted by Crippen LogP contribution is 2.40. The Morgan fingerprint density at radius 1 is 1.15 bits per heavy atom. The zero-order valence-corrected chi connectivity index (χ0v) is 18.6. The van der Waals surface area contributed by atoms with E-state index in [1.165, 1.54) is 12.4 Å². The molecule has 3 aromatic heterocycles. The second-order valence-corrected chi connectivity index (χ2v) is 8.82. The highest BCUT2D eigenvalue weighted by molar-refractivity contribution is 5.81. The normalized spacial score (nSPS) is 18.9. The van der Waals surface area contributed by atoms with Gasteiger partial charge in [-0.3, -0.25) is 0 Å². The summed E-state index contributed by atoms with van der Waals surface area (Å²) < 4.78 is 22.4. The van der Waals surface area contributed by atoms with Gasteiger partial charge in [0.05, 0.1) is 29.7 Å². The summed E-state index contributed by atoms with van der Waals surface area (Å²) >= 11 is 0. The molecule has 1 atom stereocenters. The van der Waals surface area contributed by atoms with Crippen LogP contribution in [0.1, 0.15) is 48.9 Å². The molecule has 34 heavy (non-hydrogen) atoms. The lowest BCUT2D eigenvalue weighted by molar-refractivity contribution is -0.0354. The number of benzene rings is 2. The standard InChI is InChI=1S/C25H24FN7O/c1-14(23-31-21-22(27)28-13-29-24(21)32-23)25-30-19-8-7-16(26)9-20(19)33(25)17-10-18(11-17)34-12-15-5-3-2-4-6-15/h2-9,13-14,17-18H,10-12H2,1H3,(H3,27,28,29,31,32)/t14-,17?,18?/m0/s1. The Kier molecular flexibility index (Phi) is 4.99. The number of anilines is 1. The molecule has 0 radical (unpaired) electrons. The van der Waals surface area contributed by atoms with Crippen LogP contribution in [0.3, 0.4) is 0 Å². The van der Waals surface area contributed by atoms with Crippen LogP contribution in [0.2, 0.25) is 0 Å². The van der Waals surface area contributed by atoms with Crippen LogP contribution in [0.4, 0.5) is 10.2 Å². The smallest absolute Gasteiger partial charge is 0.183 e. The molecule has 6 rings (SSSR count). The highest BCUT2D eigenvalue weighted by Gasteiger charge is 2.35. The van der Waals surface area contributed by atoms with Crippen molar-refractivity contribution < 1.29 is 9.13 Å². The van der Waals surface area contributed by atoms with Crippen molar-refractivity contribution in [3.05, 3.63) is 77.9 Å². The monoisotopic (exact) mass is 457 g/mol. The summed E-state index contributed by atoms with van der Waals surface area (Å²) in [7, 11) is 0. The summed E-state index contributed by atoms with van der Waals surface area (Å²) in [5.41, 5.74) is 9.80. The number of nitrogens with two attached hydrogens (primary N) is 1. The van der Waals surface area contributed by atoms with E-state index in [1.54, 1.807) is 12.1 Å². The number of ether oxygens (including phenoxy) is 1. The molecule has 0 unspecified atom stereocenters. The quantitative estimate of drug-likeness (QED) is 0.389. The van der Waals surface area contributed by atoms with Gasteiger partial charge in [0.25, 0.3) is 0 Å². The minimum atomic E-state index is -0.282. The molecule has 5 aromatic rings. The van der Waals surface area contributed by atoms with Gasteiger partial charge in [0.2, 0.25) is 0 Å². The molecular formula is C25H24FN7O. The molecule has 1 aliphatic carbocycles. The number of H-pyrrole nitrogens is 1. The summed E-state index contributed by atoms with van der Waals surface area (Å²) in [6.07, 6.45) is 3.23. The van der Waals surface area contributed by atoms with Gasteiger partial charge in [-0.05, 0) is 43.5 Å². The molecule has 9 heteroatoms. The van der Waals surface area contributed by atoms with E-state index in [9.17, 15) is 4.39 Å². The lowest BCUT2D eigenvalue weighted by Gasteiger charge is -2.37. The molecule has 0 amide bonds. The van der Waals surface area contributed by atoms with Gasteiger partial charge in [0, 0.05) is 6.04 Å². The average Bonchev–Trinajstić information content (AvgIpc) is 3.41.